The van der Waals surface area contributed by atoms with Crippen molar-refractivity contribution in [3.63, 3.8) is 0 Å². The quantitative estimate of drug-likeness (QED) is 0.771. The molecule has 0 aliphatic rings. The molecule has 0 atom stereocenters. The van der Waals surface area contributed by atoms with Crippen LogP contribution in [0.15, 0.2) is 42.5 Å². The predicted octanol–water partition coefficient (Wildman–Crippen LogP) is 3.39. The number of hydrogen-bond donors (Lipinski definition) is 2. The van der Waals surface area contributed by atoms with Crippen LogP contribution in [0.5, 0.6) is 0 Å². The molecule has 0 heterocycles. The van der Waals surface area contributed by atoms with Gasteiger partial charge in [-0.2, -0.15) is 0 Å². The Kier molecular flexibility index (Phi) is 6.64. The summed E-state index contributed by atoms with van der Waals surface area (Å²) in [5, 5.41) is 6.22. The van der Waals surface area contributed by atoms with Gasteiger partial charge in [0.05, 0.1) is 16.5 Å². The van der Waals surface area contributed by atoms with Gasteiger partial charge in [0, 0.05) is 18.7 Å². The van der Waals surface area contributed by atoms with Crippen molar-refractivity contribution in [2.45, 2.75) is 13.3 Å². The zero-order valence-electron chi connectivity index (χ0n) is 13.2. The first-order valence-corrected chi connectivity index (χ1v) is 8.27. The van der Waals surface area contributed by atoms with E-state index < -0.39 is 0 Å². The molecule has 2 aromatic carbocycles. The van der Waals surface area contributed by atoms with E-state index in [-0.39, 0.29) is 11.8 Å². The lowest BCUT2D eigenvalue weighted by Gasteiger charge is -2.08. The molecule has 0 aromatic heterocycles. The normalized spacial score (nSPS) is 10.3. The first kappa shape index (κ1) is 18.3. The molecule has 0 unspecified atom stereocenters. The van der Waals surface area contributed by atoms with Gasteiger partial charge in [0.15, 0.2) is 0 Å². The van der Waals surface area contributed by atoms with Gasteiger partial charge in [-0.25, -0.2) is 0 Å². The molecule has 2 rings (SSSR count). The maximum absolute atomic E-state index is 12.0. The minimum atomic E-state index is -0.263. The van der Waals surface area contributed by atoms with Crippen LogP contribution in [0.4, 0.5) is 0 Å². The number of amides is 2. The van der Waals surface area contributed by atoms with E-state index in [0.29, 0.717) is 35.1 Å². The molecule has 0 bridgehead atoms. The van der Waals surface area contributed by atoms with E-state index in [4.69, 9.17) is 23.2 Å². The first-order valence-electron chi connectivity index (χ1n) is 7.51. The van der Waals surface area contributed by atoms with Gasteiger partial charge in [0.2, 0.25) is 5.91 Å². The molecule has 0 aliphatic heterocycles. The number of benzene rings is 2. The molecule has 0 fully saturated rings. The van der Waals surface area contributed by atoms with E-state index in [2.05, 4.69) is 10.6 Å². The SMILES string of the molecule is Cc1ccc(CC(=O)NCCNC(=O)c2ccc(Cl)c(Cl)c2)cc1. The molecule has 2 aromatic rings. The molecule has 0 spiro atoms. The third-order valence-electron chi connectivity index (χ3n) is 3.40. The third kappa shape index (κ3) is 5.55. The Bertz CT molecular complexity index is 730. The second-order valence-corrected chi connectivity index (χ2v) is 6.21. The van der Waals surface area contributed by atoms with Gasteiger partial charge in [-0.15, -0.1) is 0 Å². The summed E-state index contributed by atoms with van der Waals surface area (Å²) in [4.78, 5) is 23.8. The van der Waals surface area contributed by atoms with Crippen molar-refractivity contribution in [1.29, 1.82) is 0 Å². The molecule has 2 amide bonds. The summed E-state index contributed by atoms with van der Waals surface area (Å²) in [6, 6.07) is 12.5. The van der Waals surface area contributed by atoms with Crippen LogP contribution < -0.4 is 10.6 Å². The average Bonchev–Trinajstić information content (AvgIpc) is 2.56. The van der Waals surface area contributed by atoms with Crippen LogP contribution in [0.1, 0.15) is 21.5 Å². The molecule has 6 heteroatoms. The first-order chi connectivity index (χ1) is 11.5. The van der Waals surface area contributed by atoms with Gasteiger partial charge >= 0.3 is 0 Å². The van der Waals surface area contributed by atoms with Gasteiger partial charge in [0.25, 0.3) is 5.91 Å². The molecule has 2 N–H and O–H groups in total. The second-order valence-electron chi connectivity index (χ2n) is 5.40. The number of halogens is 2. The van der Waals surface area contributed by atoms with Crippen LogP contribution in [-0.4, -0.2) is 24.9 Å². The second kappa shape index (κ2) is 8.71. The van der Waals surface area contributed by atoms with E-state index in [1.54, 1.807) is 12.1 Å². The van der Waals surface area contributed by atoms with Crippen molar-refractivity contribution in [1.82, 2.24) is 10.6 Å². The largest absolute Gasteiger partial charge is 0.354 e. The summed E-state index contributed by atoms with van der Waals surface area (Å²) in [6.45, 7) is 2.69. The summed E-state index contributed by atoms with van der Waals surface area (Å²) >= 11 is 11.7. The molecule has 126 valence electrons. The van der Waals surface area contributed by atoms with E-state index in [1.165, 1.54) is 6.07 Å². The number of hydrogen-bond acceptors (Lipinski definition) is 2. The fourth-order valence-corrected chi connectivity index (χ4v) is 2.37. The summed E-state index contributed by atoms with van der Waals surface area (Å²) in [7, 11) is 0. The standard InChI is InChI=1S/C18H18Cl2N2O2/c1-12-2-4-13(5-3-12)10-17(23)21-8-9-22-18(24)14-6-7-15(19)16(20)11-14/h2-7,11H,8-10H2,1H3,(H,21,23)(H,22,24). The topological polar surface area (TPSA) is 58.2 Å². The molecule has 0 radical (unpaired) electrons. The van der Waals surface area contributed by atoms with Crippen molar-refractivity contribution < 1.29 is 9.59 Å². The Morgan fingerprint density at radius 2 is 1.58 bits per heavy atom. The van der Waals surface area contributed by atoms with Crippen LogP contribution in [0.2, 0.25) is 10.0 Å². The average molecular weight is 365 g/mol. The highest BCUT2D eigenvalue weighted by Gasteiger charge is 2.08. The summed E-state index contributed by atoms with van der Waals surface area (Å²) in [6.07, 6.45) is 0.320. The smallest absolute Gasteiger partial charge is 0.251 e. The summed E-state index contributed by atoms with van der Waals surface area (Å²) in [5.74, 6) is -0.344. The number of nitrogens with one attached hydrogen (secondary N) is 2. The molecule has 0 saturated carbocycles. The predicted molar refractivity (Wildman–Crippen MR) is 96.7 cm³/mol. The molecule has 0 saturated heterocycles. The fraction of sp³-hybridized carbons (Fsp3) is 0.222. The van der Waals surface area contributed by atoms with E-state index in [1.807, 2.05) is 31.2 Å². The molecular formula is C18H18Cl2N2O2. The monoisotopic (exact) mass is 364 g/mol. The van der Waals surface area contributed by atoms with E-state index in [0.717, 1.165) is 11.1 Å². The molecular weight excluding hydrogens is 347 g/mol. The van der Waals surface area contributed by atoms with Crippen LogP contribution in [-0.2, 0) is 11.2 Å². The highest BCUT2D eigenvalue weighted by Crippen LogP contribution is 2.22. The Morgan fingerprint density at radius 1 is 0.917 bits per heavy atom. The van der Waals surface area contributed by atoms with Gasteiger partial charge in [-0.1, -0.05) is 53.0 Å². The lowest BCUT2D eigenvalue weighted by Crippen LogP contribution is -2.35. The maximum atomic E-state index is 12.0. The van der Waals surface area contributed by atoms with Crippen molar-refractivity contribution in [2.75, 3.05) is 13.1 Å². The van der Waals surface area contributed by atoms with Gasteiger partial charge < -0.3 is 10.6 Å². The van der Waals surface area contributed by atoms with E-state index in [9.17, 15) is 9.59 Å². The highest BCUT2D eigenvalue weighted by molar-refractivity contribution is 6.42. The van der Waals surface area contributed by atoms with Crippen LogP contribution in [0, 0.1) is 6.92 Å². The fourth-order valence-electron chi connectivity index (χ4n) is 2.07. The summed E-state index contributed by atoms with van der Waals surface area (Å²) in [5.41, 5.74) is 2.54. The van der Waals surface area contributed by atoms with Crippen molar-refractivity contribution in [3.8, 4) is 0 Å². The Hall–Kier alpha value is -2.04. The molecule has 24 heavy (non-hydrogen) atoms. The number of carbonyl (C=O) groups is 2. The zero-order chi connectivity index (χ0) is 17.5. The van der Waals surface area contributed by atoms with Crippen LogP contribution in [0.3, 0.4) is 0 Å². The number of rotatable bonds is 6. The molecule has 0 aliphatic carbocycles. The summed E-state index contributed by atoms with van der Waals surface area (Å²) < 4.78 is 0. The van der Waals surface area contributed by atoms with Crippen molar-refractivity contribution >= 4 is 35.0 Å². The molecule has 4 nitrogen and oxygen atoms in total. The van der Waals surface area contributed by atoms with Crippen LogP contribution >= 0.6 is 23.2 Å². The Morgan fingerprint density at radius 3 is 2.25 bits per heavy atom. The van der Waals surface area contributed by atoms with Crippen molar-refractivity contribution in [2.24, 2.45) is 0 Å². The van der Waals surface area contributed by atoms with Gasteiger partial charge in [-0.05, 0) is 30.7 Å². The zero-order valence-corrected chi connectivity index (χ0v) is 14.7. The van der Waals surface area contributed by atoms with Crippen molar-refractivity contribution in [3.05, 3.63) is 69.2 Å². The van der Waals surface area contributed by atoms with E-state index >= 15 is 0 Å². The Labute approximate surface area is 151 Å². The third-order valence-corrected chi connectivity index (χ3v) is 4.14. The number of carbonyl (C=O) groups excluding carboxylic acids is 2. The van der Waals surface area contributed by atoms with Gasteiger partial charge in [0.1, 0.15) is 0 Å². The van der Waals surface area contributed by atoms with Gasteiger partial charge in [-0.3, -0.25) is 9.59 Å². The lowest BCUT2D eigenvalue weighted by atomic mass is 10.1. The maximum Gasteiger partial charge on any atom is 0.251 e. The minimum Gasteiger partial charge on any atom is -0.354 e. The minimum absolute atomic E-state index is 0.0809. The van der Waals surface area contributed by atoms with Crippen LogP contribution in [0.25, 0.3) is 0 Å². The number of aryl methyl sites for hydroxylation is 1. The highest BCUT2D eigenvalue weighted by atomic mass is 35.5. The lowest BCUT2D eigenvalue weighted by molar-refractivity contribution is -0.120. The Balaban J connectivity index is 1.72.